The number of nitrogens with zero attached hydrogens (tertiary/aromatic N) is 3. The molecular weight excluding hydrogens is 250 g/mol. The fraction of sp³-hybridized carbons (Fsp3) is 0.417. The van der Waals surface area contributed by atoms with E-state index in [9.17, 15) is 4.79 Å². The summed E-state index contributed by atoms with van der Waals surface area (Å²) in [4.78, 5) is 15.8. The zero-order valence-electron chi connectivity index (χ0n) is 10.4. The van der Waals surface area contributed by atoms with Crippen molar-refractivity contribution in [2.75, 3.05) is 6.61 Å². The Morgan fingerprint density at radius 2 is 2.33 bits per heavy atom. The third-order valence-corrected chi connectivity index (χ3v) is 3.21. The fourth-order valence-corrected chi connectivity index (χ4v) is 2.30. The molecule has 0 aliphatic carbocycles. The molecule has 0 fully saturated rings. The molecule has 0 unspecified atom stereocenters. The number of aryl methyl sites for hydroxylation is 1. The minimum Gasteiger partial charge on any atom is -0.461 e. The van der Waals surface area contributed by atoms with Gasteiger partial charge in [-0.1, -0.05) is 6.92 Å². The van der Waals surface area contributed by atoms with Crippen molar-refractivity contribution in [3.63, 3.8) is 0 Å². The van der Waals surface area contributed by atoms with Gasteiger partial charge in [0.15, 0.2) is 5.69 Å². The van der Waals surface area contributed by atoms with Crippen molar-refractivity contribution >= 4 is 17.3 Å². The summed E-state index contributed by atoms with van der Waals surface area (Å²) in [5.74, 6) is -0.374. The summed E-state index contributed by atoms with van der Waals surface area (Å²) in [5, 5.41) is 6.74. The van der Waals surface area contributed by atoms with Crippen molar-refractivity contribution in [3.05, 3.63) is 23.5 Å². The van der Waals surface area contributed by atoms with Crippen LogP contribution in [0.4, 0.5) is 0 Å². The minimum absolute atomic E-state index is 0.361. The summed E-state index contributed by atoms with van der Waals surface area (Å²) >= 11 is 1.42. The van der Waals surface area contributed by atoms with Crippen LogP contribution in [0.1, 0.15) is 30.8 Å². The standard InChI is InChI=1S/C12H15N3O2S/c1-3-5-15-7-9(6-13-15)11-14-10(8-18-11)12(16)17-4-2/h6-8H,3-5H2,1-2H3. The molecule has 0 saturated carbocycles. The van der Waals surface area contributed by atoms with E-state index >= 15 is 0 Å². The van der Waals surface area contributed by atoms with Crippen LogP contribution in [0.15, 0.2) is 17.8 Å². The van der Waals surface area contributed by atoms with E-state index in [1.807, 2.05) is 10.9 Å². The van der Waals surface area contributed by atoms with Crippen LogP contribution in [-0.2, 0) is 11.3 Å². The van der Waals surface area contributed by atoms with E-state index in [2.05, 4.69) is 17.0 Å². The Bertz CT molecular complexity index is 533. The number of ether oxygens (including phenoxy) is 1. The van der Waals surface area contributed by atoms with E-state index in [1.165, 1.54) is 11.3 Å². The smallest absolute Gasteiger partial charge is 0.357 e. The average molecular weight is 265 g/mol. The second kappa shape index (κ2) is 5.77. The van der Waals surface area contributed by atoms with Crippen molar-refractivity contribution in [2.45, 2.75) is 26.8 Å². The van der Waals surface area contributed by atoms with Gasteiger partial charge in [0, 0.05) is 23.7 Å². The highest BCUT2D eigenvalue weighted by atomic mass is 32.1. The summed E-state index contributed by atoms with van der Waals surface area (Å²) in [6.07, 6.45) is 4.74. The molecule has 2 heterocycles. The van der Waals surface area contributed by atoms with E-state index in [0.29, 0.717) is 12.3 Å². The maximum Gasteiger partial charge on any atom is 0.357 e. The van der Waals surface area contributed by atoms with Gasteiger partial charge >= 0.3 is 5.97 Å². The number of hydrogen-bond acceptors (Lipinski definition) is 5. The Labute approximate surface area is 109 Å². The van der Waals surface area contributed by atoms with Crippen molar-refractivity contribution in [2.24, 2.45) is 0 Å². The molecule has 0 amide bonds. The van der Waals surface area contributed by atoms with Gasteiger partial charge in [-0.2, -0.15) is 5.10 Å². The molecule has 0 aromatic carbocycles. The number of thiazole rings is 1. The molecule has 2 aromatic rings. The fourth-order valence-electron chi connectivity index (χ4n) is 1.53. The third-order valence-electron chi connectivity index (χ3n) is 2.32. The van der Waals surface area contributed by atoms with Gasteiger partial charge in [0.05, 0.1) is 12.8 Å². The number of carbonyl (C=O) groups is 1. The lowest BCUT2D eigenvalue weighted by atomic mass is 10.4. The number of rotatable bonds is 5. The van der Waals surface area contributed by atoms with Crippen LogP contribution in [0.25, 0.3) is 10.6 Å². The maximum absolute atomic E-state index is 11.5. The van der Waals surface area contributed by atoms with Crippen LogP contribution < -0.4 is 0 Å². The van der Waals surface area contributed by atoms with Crippen LogP contribution in [0.5, 0.6) is 0 Å². The van der Waals surface area contributed by atoms with E-state index < -0.39 is 0 Å². The second-order valence-corrected chi connectivity index (χ2v) is 4.61. The van der Waals surface area contributed by atoms with Crippen LogP contribution >= 0.6 is 11.3 Å². The van der Waals surface area contributed by atoms with E-state index in [4.69, 9.17) is 4.74 Å². The molecule has 2 rings (SSSR count). The number of esters is 1. The van der Waals surface area contributed by atoms with Gasteiger partial charge < -0.3 is 4.74 Å². The van der Waals surface area contributed by atoms with E-state index in [0.717, 1.165) is 23.5 Å². The van der Waals surface area contributed by atoms with Crippen molar-refractivity contribution in [1.29, 1.82) is 0 Å². The molecule has 2 aromatic heterocycles. The average Bonchev–Trinajstić information content (AvgIpc) is 2.97. The first-order valence-electron chi connectivity index (χ1n) is 5.90. The van der Waals surface area contributed by atoms with Gasteiger partial charge in [0.25, 0.3) is 0 Å². The molecule has 0 saturated heterocycles. The van der Waals surface area contributed by atoms with Crippen LogP contribution in [0, 0.1) is 0 Å². The van der Waals surface area contributed by atoms with E-state index in [-0.39, 0.29) is 5.97 Å². The summed E-state index contributed by atoms with van der Waals surface area (Å²) in [6.45, 7) is 5.12. The zero-order chi connectivity index (χ0) is 13.0. The normalized spacial score (nSPS) is 10.6. The molecule has 6 heteroatoms. The number of aromatic nitrogens is 3. The quantitative estimate of drug-likeness (QED) is 0.780. The zero-order valence-corrected chi connectivity index (χ0v) is 11.2. The summed E-state index contributed by atoms with van der Waals surface area (Å²) in [5.41, 5.74) is 1.30. The maximum atomic E-state index is 11.5. The molecular formula is C12H15N3O2S. The molecule has 0 spiro atoms. The molecule has 0 aliphatic heterocycles. The van der Waals surface area contributed by atoms with E-state index in [1.54, 1.807) is 18.5 Å². The lowest BCUT2D eigenvalue weighted by Gasteiger charge is -1.96. The van der Waals surface area contributed by atoms with Gasteiger partial charge in [0.1, 0.15) is 5.01 Å². The lowest BCUT2D eigenvalue weighted by molar-refractivity contribution is 0.0520. The molecule has 0 bridgehead atoms. The van der Waals surface area contributed by atoms with Crippen molar-refractivity contribution < 1.29 is 9.53 Å². The number of hydrogen-bond donors (Lipinski definition) is 0. The SMILES string of the molecule is CCCn1cc(-c2nc(C(=O)OCC)cs2)cn1. The van der Waals surface area contributed by atoms with Gasteiger partial charge in [-0.15, -0.1) is 11.3 Å². The van der Waals surface area contributed by atoms with Gasteiger partial charge in [-0.25, -0.2) is 9.78 Å². The Hall–Kier alpha value is -1.69. The molecule has 5 nitrogen and oxygen atoms in total. The molecule has 0 atom stereocenters. The molecule has 0 aliphatic rings. The number of carbonyl (C=O) groups excluding carboxylic acids is 1. The van der Waals surface area contributed by atoms with Crippen LogP contribution in [0.2, 0.25) is 0 Å². The molecule has 96 valence electrons. The summed E-state index contributed by atoms with van der Waals surface area (Å²) < 4.78 is 6.78. The van der Waals surface area contributed by atoms with Gasteiger partial charge in [0.2, 0.25) is 0 Å². The first-order chi connectivity index (χ1) is 8.74. The molecule has 0 N–H and O–H groups in total. The first kappa shape index (κ1) is 12.8. The highest BCUT2D eigenvalue weighted by Gasteiger charge is 2.13. The third kappa shape index (κ3) is 2.76. The minimum atomic E-state index is -0.374. The monoisotopic (exact) mass is 265 g/mol. The summed E-state index contributed by atoms with van der Waals surface area (Å²) in [6, 6.07) is 0. The topological polar surface area (TPSA) is 57.0 Å². The Kier molecular flexibility index (Phi) is 4.09. The second-order valence-electron chi connectivity index (χ2n) is 3.75. The van der Waals surface area contributed by atoms with Crippen LogP contribution in [-0.4, -0.2) is 27.3 Å². The largest absolute Gasteiger partial charge is 0.461 e. The van der Waals surface area contributed by atoms with Crippen LogP contribution in [0.3, 0.4) is 0 Å². The summed E-state index contributed by atoms with van der Waals surface area (Å²) in [7, 11) is 0. The Balaban J connectivity index is 2.15. The first-order valence-corrected chi connectivity index (χ1v) is 6.78. The predicted octanol–water partition coefficient (Wildman–Crippen LogP) is 2.59. The lowest BCUT2D eigenvalue weighted by Crippen LogP contribution is -2.04. The highest BCUT2D eigenvalue weighted by Crippen LogP contribution is 2.23. The molecule has 0 radical (unpaired) electrons. The Morgan fingerprint density at radius 3 is 3.06 bits per heavy atom. The molecule has 18 heavy (non-hydrogen) atoms. The van der Waals surface area contributed by atoms with Crippen molar-refractivity contribution in [3.8, 4) is 10.6 Å². The predicted molar refractivity (Wildman–Crippen MR) is 69.6 cm³/mol. The van der Waals surface area contributed by atoms with Crippen molar-refractivity contribution in [1.82, 2.24) is 14.8 Å². The Morgan fingerprint density at radius 1 is 1.50 bits per heavy atom. The highest BCUT2D eigenvalue weighted by molar-refractivity contribution is 7.13. The van der Waals surface area contributed by atoms with Gasteiger partial charge in [-0.3, -0.25) is 4.68 Å². The van der Waals surface area contributed by atoms with Gasteiger partial charge in [-0.05, 0) is 13.3 Å².